The van der Waals surface area contributed by atoms with Gasteiger partial charge in [-0.3, -0.25) is 14.4 Å². The van der Waals surface area contributed by atoms with Crippen molar-refractivity contribution in [2.45, 2.75) is 75.4 Å². The van der Waals surface area contributed by atoms with Crippen molar-refractivity contribution in [2.75, 3.05) is 30.1 Å². The molecule has 4 aliphatic heterocycles. The lowest BCUT2D eigenvalue weighted by Crippen LogP contribution is -2.44. The van der Waals surface area contributed by atoms with Crippen LogP contribution in [0.2, 0.25) is 18.6 Å². The normalized spacial score (nSPS) is 29.1. The Balaban J connectivity index is 1.39. The van der Waals surface area contributed by atoms with Crippen LogP contribution in [0.4, 0.5) is 15.5 Å². The van der Waals surface area contributed by atoms with Crippen molar-refractivity contribution < 1.29 is 28.3 Å². The number of likely N-dealkylation sites (N-methyl/N-ethyl adjacent to an activating group) is 1. The fraction of sp³-hybridized carbons (Fsp3) is 0.500. The minimum Gasteiger partial charge on any atom is -0.394 e. The van der Waals surface area contributed by atoms with Crippen LogP contribution in [0.3, 0.4) is 0 Å². The quantitative estimate of drug-likeness (QED) is 0.389. The molecule has 0 radical (unpaired) electrons. The number of aliphatic hydroxyl groups is 1. The van der Waals surface area contributed by atoms with Gasteiger partial charge in [-0.05, 0) is 49.7 Å². The SMILES string of the molecule is C[C@@H]1[C@@H]([Si](C)(C)F)[C@H](CC(=O)N2CCC[C@H]2CO)O[C@@]12C(=O)N(C)c1ccc(N3N=C(c4ccccc4)CCC3=O)cc12. The number of ether oxygens (including phenoxy) is 1. The molecular formula is C32H39FN4O5Si. The van der Waals surface area contributed by atoms with E-state index in [1.54, 1.807) is 43.2 Å². The first kappa shape index (κ1) is 29.6. The predicted octanol–water partition coefficient (Wildman–Crippen LogP) is 4.34. The van der Waals surface area contributed by atoms with Gasteiger partial charge in [-0.2, -0.15) is 5.10 Å². The number of hydrazone groups is 1. The highest BCUT2D eigenvalue weighted by Crippen LogP contribution is 2.60. The van der Waals surface area contributed by atoms with Crippen molar-refractivity contribution in [3.63, 3.8) is 0 Å². The third-order valence-corrected chi connectivity index (χ3v) is 12.2. The number of halogens is 1. The van der Waals surface area contributed by atoms with E-state index in [4.69, 9.17) is 9.84 Å². The van der Waals surface area contributed by atoms with Gasteiger partial charge in [0.1, 0.15) is 0 Å². The molecule has 43 heavy (non-hydrogen) atoms. The fourth-order valence-corrected chi connectivity index (χ4v) is 10.2. The molecule has 2 aromatic carbocycles. The lowest BCUT2D eigenvalue weighted by Gasteiger charge is -2.31. The highest BCUT2D eigenvalue weighted by atomic mass is 28.4. The Morgan fingerprint density at radius 3 is 2.60 bits per heavy atom. The van der Waals surface area contributed by atoms with Crippen molar-refractivity contribution in [2.24, 2.45) is 11.0 Å². The number of aliphatic hydroxyl groups excluding tert-OH is 1. The van der Waals surface area contributed by atoms with Crippen LogP contribution in [0, 0.1) is 5.92 Å². The number of anilines is 2. The molecule has 0 aromatic heterocycles. The molecule has 3 amide bonds. The van der Waals surface area contributed by atoms with E-state index in [1.807, 2.05) is 37.3 Å². The number of carbonyl (C=O) groups excluding carboxylic acids is 3. The topological polar surface area (TPSA) is 103 Å². The second-order valence-electron chi connectivity index (χ2n) is 12.7. The number of nitrogens with zero attached hydrogens (tertiary/aromatic N) is 4. The molecule has 0 aliphatic carbocycles. The van der Waals surface area contributed by atoms with Crippen LogP contribution in [0.15, 0.2) is 53.6 Å². The summed E-state index contributed by atoms with van der Waals surface area (Å²) in [5.74, 6) is -1.22. The van der Waals surface area contributed by atoms with Gasteiger partial charge in [-0.15, -0.1) is 0 Å². The minimum atomic E-state index is -3.45. The molecule has 2 fully saturated rings. The zero-order chi connectivity index (χ0) is 30.7. The van der Waals surface area contributed by atoms with E-state index in [2.05, 4.69) is 0 Å². The summed E-state index contributed by atoms with van der Waals surface area (Å²) in [6.45, 7) is 5.48. The zero-order valence-corrected chi connectivity index (χ0v) is 26.1. The summed E-state index contributed by atoms with van der Waals surface area (Å²) in [5.41, 5.74) is 1.30. The summed E-state index contributed by atoms with van der Waals surface area (Å²) in [6.07, 6.45) is 1.48. The molecule has 4 heterocycles. The Hall–Kier alpha value is -3.41. The summed E-state index contributed by atoms with van der Waals surface area (Å²) in [6, 6.07) is 14.8. The van der Waals surface area contributed by atoms with Crippen molar-refractivity contribution in [1.82, 2.24) is 4.90 Å². The number of rotatable bonds is 6. The number of carbonyl (C=O) groups is 3. The first-order chi connectivity index (χ1) is 20.5. The maximum absolute atomic E-state index is 16.1. The molecule has 1 N–H and O–H groups in total. The van der Waals surface area contributed by atoms with E-state index < -0.39 is 31.6 Å². The average Bonchev–Trinajstić information content (AvgIpc) is 3.64. The number of benzene rings is 2. The largest absolute Gasteiger partial charge is 0.394 e. The molecule has 9 nitrogen and oxygen atoms in total. The van der Waals surface area contributed by atoms with Gasteiger partial charge in [0.05, 0.1) is 42.3 Å². The first-order valence-electron chi connectivity index (χ1n) is 15.1. The highest BCUT2D eigenvalue weighted by Gasteiger charge is 2.66. The number of amides is 3. The van der Waals surface area contributed by atoms with Crippen molar-refractivity contribution in [3.05, 3.63) is 59.7 Å². The number of hydrogen-bond acceptors (Lipinski definition) is 6. The molecule has 11 heteroatoms. The summed E-state index contributed by atoms with van der Waals surface area (Å²) in [4.78, 5) is 43.9. The van der Waals surface area contributed by atoms with Crippen molar-refractivity contribution >= 4 is 43.2 Å². The van der Waals surface area contributed by atoms with Crippen LogP contribution >= 0.6 is 0 Å². The molecule has 5 atom stereocenters. The van der Waals surface area contributed by atoms with E-state index in [1.165, 1.54) is 9.91 Å². The third-order valence-electron chi connectivity index (χ3n) is 9.74. The molecule has 6 rings (SSSR count). The van der Waals surface area contributed by atoms with Crippen LogP contribution in [0.25, 0.3) is 0 Å². The second kappa shape index (κ2) is 10.9. The molecule has 4 aliphatic rings. The Labute approximate surface area is 252 Å². The van der Waals surface area contributed by atoms with Crippen LogP contribution in [0.5, 0.6) is 0 Å². The number of hydrogen-bond donors (Lipinski definition) is 1. The summed E-state index contributed by atoms with van der Waals surface area (Å²) >= 11 is 0. The number of likely N-dealkylation sites (tertiary alicyclic amines) is 1. The van der Waals surface area contributed by atoms with Crippen molar-refractivity contribution in [1.29, 1.82) is 0 Å². The highest BCUT2D eigenvalue weighted by molar-refractivity contribution is 6.72. The van der Waals surface area contributed by atoms with E-state index >= 15 is 4.11 Å². The van der Waals surface area contributed by atoms with Gasteiger partial charge in [0.15, 0.2) is 5.60 Å². The maximum Gasteiger partial charge on any atom is 0.264 e. The molecule has 228 valence electrons. The lowest BCUT2D eigenvalue weighted by atomic mass is 9.82. The van der Waals surface area contributed by atoms with E-state index in [0.29, 0.717) is 36.3 Å². The van der Waals surface area contributed by atoms with Crippen molar-refractivity contribution in [3.8, 4) is 0 Å². The van der Waals surface area contributed by atoms with Gasteiger partial charge < -0.3 is 23.8 Å². The number of fused-ring (bicyclic) bond motifs is 2. The van der Waals surface area contributed by atoms with Gasteiger partial charge in [0.2, 0.25) is 20.2 Å². The van der Waals surface area contributed by atoms with Crippen LogP contribution in [0.1, 0.15) is 50.2 Å². The monoisotopic (exact) mass is 606 g/mol. The van der Waals surface area contributed by atoms with E-state index in [-0.39, 0.29) is 36.8 Å². The van der Waals surface area contributed by atoms with Gasteiger partial charge in [-0.25, -0.2) is 5.01 Å². The summed E-state index contributed by atoms with van der Waals surface area (Å²) in [7, 11) is -1.78. The van der Waals surface area contributed by atoms with Crippen LogP contribution in [-0.2, 0) is 24.7 Å². The van der Waals surface area contributed by atoms with E-state index in [0.717, 1.165) is 24.1 Å². The molecule has 2 aromatic rings. The smallest absolute Gasteiger partial charge is 0.264 e. The van der Waals surface area contributed by atoms with E-state index in [9.17, 15) is 19.5 Å². The maximum atomic E-state index is 16.1. The summed E-state index contributed by atoms with van der Waals surface area (Å²) < 4.78 is 22.8. The van der Waals surface area contributed by atoms with Crippen LogP contribution < -0.4 is 9.91 Å². The summed E-state index contributed by atoms with van der Waals surface area (Å²) in [5, 5.41) is 15.9. The second-order valence-corrected chi connectivity index (χ2v) is 16.5. The van der Waals surface area contributed by atoms with Gasteiger partial charge >= 0.3 is 0 Å². The molecule has 0 unspecified atom stereocenters. The lowest BCUT2D eigenvalue weighted by molar-refractivity contribution is -0.149. The zero-order valence-electron chi connectivity index (χ0n) is 25.1. The molecule has 0 saturated carbocycles. The first-order valence-corrected chi connectivity index (χ1v) is 18.1. The predicted molar refractivity (Wildman–Crippen MR) is 164 cm³/mol. The Bertz CT molecular complexity index is 1480. The Kier molecular flexibility index (Phi) is 7.54. The average molecular weight is 607 g/mol. The van der Waals surface area contributed by atoms with Gasteiger partial charge in [0.25, 0.3) is 5.91 Å². The third kappa shape index (κ3) is 4.81. The fourth-order valence-electron chi connectivity index (χ4n) is 7.71. The van der Waals surface area contributed by atoms with Gasteiger partial charge in [0, 0.05) is 43.5 Å². The Morgan fingerprint density at radius 1 is 1.16 bits per heavy atom. The molecule has 1 spiro atoms. The van der Waals surface area contributed by atoms with Gasteiger partial charge in [-0.1, -0.05) is 37.3 Å². The molecular weight excluding hydrogens is 567 g/mol. The Morgan fingerprint density at radius 2 is 1.91 bits per heavy atom. The molecule has 0 bridgehead atoms. The molecule has 2 saturated heterocycles. The minimum absolute atomic E-state index is 0.0606. The van der Waals surface area contributed by atoms with Crippen LogP contribution in [-0.4, -0.2) is 74.2 Å². The standard InChI is InChI=1S/C32H39FN4O5Si/c1-20-30(43(3,4)33)27(18-29(40)36-16-8-11-23(36)19-38)42-32(20)24-17-22(12-14-26(24)35(2)31(32)41)37-28(39)15-13-25(34-37)21-9-6-5-7-10-21/h5-7,9-10,12,14,17,20,23,27,30,38H,8,11,13,15-16,18-19H2,1-4H3/t20-,23+,27+,30-,32+/m1/s1.